The van der Waals surface area contributed by atoms with E-state index in [1.807, 2.05) is 0 Å². The first-order chi connectivity index (χ1) is 9.40. The highest BCUT2D eigenvalue weighted by molar-refractivity contribution is 6.34. The predicted octanol–water partition coefficient (Wildman–Crippen LogP) is 3.55. The number of nitro groups is 1. The molecule has 0 heterocycles. The second kappa shape index (κ2) is 5.66. The van der Waals surface area contributed by atoms with Crippen molar-refractivity contribution in [2.45, 2.75) is 32.2 Å². The lowest BCUT2D eigenvalue weighted by Gasteiger charge is -2.20. The second-order valence-corrected chi connectivity index (χ2v) is 5.48. The number of hydrogen-bond acceptors (Lipinski definition) is 4. The molecule has 108 valence electrons. The predicted molar refractivity (Wildman–Crippen MR) is 75.5 cm³/mol. The van der Waals surface area contributed by atoms with Crippen LogP contribution < -0.4 is 5.32 Å². The van der Waals surface area contributed by atoms with Crippen molar-refractivity contribution in [1.82, 2.24) is 0 Å². The Kier molecular flexibility index (Phi) is 4.13. The second-order valence-electron chi connectivity index (χ2n) is 5.07. The summed E-state index contributed by atoms with van der Waals surface area (Å²) in [4.78, 5) is 21.4. The minimum absolute atomic E-state index is 0.0655. The first-order valence-corrected chi connectivity index (χ1v) is 6.75. The quantitative estimate of drug-likeness (QED) is 0.655. The summed E-state index contributed by atoms with van der Waals surface area (Å²) < 4.78 is 0. The molecule has 2 rings (SSSR count). The van der Waals surface area contributed by atoms with E-state index in [-0.39, 0.29) is 28.0 Å². The Morgan fingerprint density at radius 3 is 2.70 bits per heavy atom. The molecule has 0 saturated heterocycles. The van der Waals surface area contributed by atoms with Crippen molar-refractivity contribution < 1.29 is 14.8 Å². The molecule has 2 atom stereocenters. The van der Waals surface area contributed by atoms with Gasteiger partial charge in [0.05, 0.1) is 21.2 Å². The number of anilines is 1. The smallest absolute Gasteiger partial charge is 0.338 e. The molecule has 0 amide bonds. The van der Waals surface area contributed by atoms with E-state index in [9.17, 15) is 20.0 Å². The lowest BCUT2D eigenvalue weighted by molar-refractivity contribution is -0.384. The number of benzene rings is 1. The van der Waals surface area contributed by atoms with Crippen molar-refractivity contribution in [3.05, 3.63) is 32.8 Å². The van der Waals surface area contributed by atoms with Crippen LogP contribution in [0.25, 0.3) is 0 Å². The zero-order chi connectivity index (χ0) is 14.9. The number of non-ortho nitro benzene ring substituents is 1. The maximum absolute atomic E-state index is 11.3. The van der Waals surface area contributed by atoms with Gasteiger partial charge in [0.15, 0.2) is 0 Å². The molecule has 1 aromatic carbocycles. The molecular weight excluding hydrogens is 284 g/mol. The average Bonchev–Trinajstić information content (AvgIpc) is 2.76. The van der Waals surface area contributed by atoms with Crippen LogP contribution in [-0.2, 0) is 0 Å². The van der Waals surface area contributed by atoms with Crippen LogP contribution in [0.3, 0.4) is 0 Å². The third-order valence-electron chi connectivity index (χ3n) is 3.71. The molecule has 1 fully saturated rings. The van der Waals surface area contributed by atoms with Gasteiger partial charge in [0.2, 0.25) is 0 Å². The zero-order valence-electron chi connectivity index (χ0n) is 10.9. The monoisotopic (exact) mass is 298 g/mol. The van der Waals surface area contributed by atoms with Gasteiger partial charge in [-0.2, -0.15) is 0 Å². The molecule has 1 aliphatic rings. The maximum Gasteiger partial charge on any atom is 0.338 e. The molecule has 2 N–H and O–H groups in total. The molecule has 0 aliphatic heterocycles. The fraction of sp³-hybridized carbons (Fsp3) is 0.462. The summed E-state index contributed by atoms with van der Waals surface area (Å²) in [6.07, 6.45) is 3.09. The van der Waals surface area contributed by atoms with Crippen LogP contribution in [-0.4, -0.2) is 22.0 Å². The molecule has 2 unspecified atom stereocenters. The Morgan fingerprint density at radius 2 is 2.20 bits per heavy atom. The lowest BCUT2D eigenvalue weighted by Crippen LogP contribution is -2.23. The highest BCUT2D eigenvalue weighted by Gasteiger charge is 2.27. The summed E-state index contributed by atoms with van der Waals surface area (Å²) in [6.45, 7) is 2.09. The first-order valence-electron chi connectivity index (χ1n) is 6.38. The fourth-order valence-corrected chi connectivity index (χ4v) is 2.83. The highest BCUT2D eigenvalue weighted by atomic mass is 35.5. The van der Waals surface area contributed by atoms with E-state index in [1.54, 1.807) is 0 Å². The van der Waals surface area contributed by atoms with Crippen molar-refractivity contribution >= 4 is 28.9 Å². The van der Waals surface area contributed by atoms with Gasteiger partial charge >= 0.3 is 5.97 Å². The van der Waals surface area contributed by atoms with Crippen molar-refractivity contribution in [3.63, 3.8) is 0 Å². The number of hydrogen-bond donors (Lipinski definition) is 2. The number of carboxylic acid groups (broad SMARTS) is 1. The summed E-state index contributed by atoms with van der Waals surface area (Å²) in [5.74, 6) is -0.813. The zero-order valence-corrected chi connectivity index (χ0v) is 11.7. The van der Waals surface area contributed by atoms with Crippen LogP contribution in [0.5, 0.6) is 0 Å². The molecule has 20 heavy (non-hydrogen) atoms. The number of aromatic carboxylic acids is 1. The number of rotatable bonds is 4. The van der Waals surface area contributed by atoms with Gasteiger partial charge in [-0.1, -0.05) is 24.9 Å². The van der Waals surface area contributed by atoms with Crippen LogP contribution in [0.15, 0.2) is 12.1 Å². The summed E-state index contributed by atoms with van der Waals surface area (Å²) in [7, 11) is 0. The van der Waals surface area contributed by atoms with Crippen molar-refractivity contribution in [2.75, 3.05) is 5.32 Å². The van der Waals surface area contributed by atoms with E-state index in [0.717, 1.165) is 25.3 Å². The SMILES string of the molecule is CC1CCCC1Nc1c(Cl)cc([N+](=O)[O-])cc1C(=O)O. The van der Waals surface area contributed by atoms with Gasteiger partial charge in [-0.05, 0) is 18.8 Å². The van der Waals surface area contributed by atoms with Crippen LogP contribution in [0.1, 0.15) is 36.5 Å². The molecule has 1 aliphatic carbocycles. The van der Waals surface area contributed by atoms with Crippen LogP contribution in [0, 0.1) is 16.0 Å². The molecule has 7 heteroatoms. The summed E-state index contributed by atoms with van der Waals surface area (Å²) in [6, 6.07) is 2.36. The van der Waals surface area contributed by atoms with Gasteiger partial charge in [0.25, 0.3) is 5.69 Å². The Bertz CT molecular complexity index is 562. The van der Waals surface area contributed by atoms with Gasteiger partial charge < -0.3 is 10.4 Å². The van der Waals surface area contributed by atoms with Crippen molar-refractivity contribution in [2.24, 2.45) is 5.92 Å². The van der Waals surface area contributed by atoms with Gasteiger partial charge in [-0.15, -0.1) is 0 Å². The third-order valence-corrected chi connectivity index (χ3v) is 4.01. The van der Waals surface area contributed by atoms with Crippen molar-refractivity contribution in [1.29, 1.82) is 0 Å². The average molecular weight is 299 g/mol. The largest absolute Gasteiger partial charge is 0.478 e. The number of nitro benzene ring substituents is 1. The van der Waals surface area contributed by atoms with E-state index in [4.69, 9.17) is 11.6 Å². The summed E-state index contributed by atoms with van der Waals surface area (Å²) in [5.41, 5.74) is -0.218. The standard InChI is InChI=1S/C13H15ClN2O4/c1-7-3-2-4-11(7)15-12-9(13(17)18)5-8(16(19)20)6-10(12)14/h5-7,11,15H,2-4H2,1H3,(H,17,18). The van der Waals surface area contributed by atoms with Gasteiger partial charge in [0.1, 0.15) is 0 Å². The van der Waals surface area contributed by atoms with Gasteiger partial charge in [-0.25, -0.2) is 4.79 Å². The van der Waals surface area contributed by atoms with Gasteiger partial charge in [-0.3, -0.25) is 10.1 Å². The Labute approximate surface area is 120 Å². The molecule has 1 saturated carbocycles. The highest BCUT2D eigenvalue weighted by Crippen LogP contribution is 2.35. The fourth-order valence-electron chi connectivity index (χ4n) is 2.56. The normalized spacial score (nSPS) is 21.7. The molecular formula is C13H15ClN2O4. The van der Waals surface area contributed by atoms with E-state index in [2.05, 4.69) is 12.2 Å². The van der Waals surface area contributed by atoms with Crippen molar-refractivity contribution in [3.8, 4) is 0 Å². The number of carbonyl (C=O) groups is 1. The molecule has 0 bridgehead atoms. The minimum atomic E-state index is -1.23. The van der Waals surface area contributed by atoms with Crippen LogP contribution >= 0.6 is 11.6 Å². The lowest BCUT2D eigenvalue weighted by atomic mass is 10.0. The van der Waals surface area contributed by atoms with Crippen LogP contribution in [0.2, 0.25) is 5.02 Å². The van der Waals surface area contributed by atoms with E-state index >= 15 is 0 Å². The summed E-state index contributed by atoms with van der Waals surface area (Å²) in [5, 5.41) is 23.2. The summed E-state index contributed by atoms with van der Waals surface area (Å²) >= 11 is 6.02. The molecule has 0 spiro atoms. The molecule has 6 nitrogen and oxygen atoms in total. The van der Waals surface area contributed by atoms with Crippen LogP contribution in [0.4, 0.5) is 11.4 Å². The first kappa shape index (κ1) is 14.6. The van der Waals surface area contributed by atoms with Gasteiger partial charge in [0, 0.05) is 18.2 Å². The Hall–Kier alpha value is -1.82. The maximum atomic E-state index is 11.3. The van der Waals surface area contributed by atoms with E-state index < -0.39 is 10.9 Å². The minimum Gasteiger partial charge on any atom is -0.478 e. The Balaban J connectivity index is 2.40. The van der Waals surface area contributed by atoms with E-state index in [0.29, 0.717) is 5.92 Å². The molecule has 0 aromatic heterocycles. The number of nitrogens with zero attached hydrogens (tertiary/aromatic N) is 1. The van der Waals surface area contributed by atoms with E-state index in [1.165, 1.54) is 6.07 Å². The number of nitrogens with one attached hydrogen (secondary N) is 1. The molecule has 1 aromatic rings. The Morgan fingerprint density at radius 1 is 1.50 bits per heavy atom. The number of halogens is 1. The third kappa shape index (κ3) is 2.85. The topological polar surface area (TPSA) is 92.5 Å². The molecule has 0 radical (unpaired) electrons. The number of carboxylic acids is 1.